The predicted octanol–water partition coefficient (Wildman–Crippen LogP) is 1.96. The van der Waals surface area contributed by atoms with E-state index in [-0.39, 0.29) is 0 Å². The Hall–Kier alpha value is -1.54. The van der Waals surface area contributed by atoms with E-state index in [1.54, 1.807) is 0 Å². The Morgan fingerprint density at radius 3 is 2.29 bits per heavy atom. The zero-order valence-corrected chi connectivity index (χ0v) is 18.7. The summed E-state index contributed by atoms with van der Waals surface area (Å²) in [5.41, 5.74) is -0.939. The quantitative estimate of drug-likeness (QED) is 0.406. The molecule has 0 aromatic rings. The lowest BCUT2D eigenvalue weighted by Crippen LogP contribution is -2.52. The number of nitrogens with zero attached hydrogens (tertiary/aromatic N) is 2. The summed E-state index contributed by atoms with van der Waals surface area (Å²) in [4.78, 5) is 19.4. The zero-order chi connectivity index (χ0) is 21.0. The smallest absolute Gasteiger partial charge is 0.408 e. The van der Waals surface area contributed by atoms with Gasteiger partial charge in [0, 0.05) is 32.7 Å². The molecule has 1 heterocycles. The number of nitrogens with one attached hydrogen (secondary N) is 3. The highest BCUT2D eigenvalue weighted by atomic mass is 16.6. The fourth-order valence-corrected chi connectivity index (χ4v) is 2.94. The molecule has 164 valence electrons. The number of morpholine rings is 1. The second kappa shape index (κ2) is 12.1. The highest BCUT2D eigenvalue weighted by Gasteiger charge is 2.30. The molecule has 1 saturated heterocycles. The summed E-state index contributed by atoms with van der Waals surface area (Å²) in [6.07, 6.45) is 1.16. The van der Waals surface area contributed by atoms with Gasteiger partial charge < -0.3 is 25.4 Å². The van der Waals surface area contributed by atoms with Crippen LogP contribution in [-0.4, -0.2) is 80.6 Å². The lowest BCUT2D eigenvalue weighted by atomic mass is 9.93. The highest BCUT2D eigenvalue weighted by molar-refractivity contribution is 5.79. The molecule has 0 spiro atoms. The number of carbonyl (C=O) groups excluding carboxylic acids is 1. The van der Waals surface area contributed by atoms with E-state index in [9.17, 15) is 4.79 Å². The number of aliphatic imine (C=N–C) groups is 1. The van der Waals surface area contributed by atoms with Crippen molar-refractivity contribution in [2.24, 2.45) is 4.99 Å². The van der Waals surface area contributed by atoms with Crippen LogP contribution in [0.15, 0.2) is 4.99 Å². The Morgan fingerprint density at radius 2 is 1.75 bits per heavy atom. The molecule has 0 radical (unpaired) electrons. The van der Waals surface area contributed by atoms with Gasteiger partial charge >= 0.3 is 6.09 Å². The van der Waals surface area contributed by atoms with E-state index >= 15 is 0 Å². The fourth-order valence-electron chi connectivity index (χ4n) is 2.94. The summed E-state index contributed by atoms with van der Waals surface area (Å²) in [5.74, 6) is 0.771. The maximum atomic E-state index is 12.3. The molecule has 0 atom stereocenters. The molecule has 8 heteroatoms. The Morgan fingerprint density at radius 1 is 1.11 bits per heavy atom. The molecule has 1 fully saturated rings. The minimum absolute atomic E-state index is 0.392. The Bertz CT molecular complexity index is 481. The van der Waals surface area contributed by atoms with E-state index in [4.69, 9.17) is 14.5 Å². The van der Waals surface area contributed by atoms with E-state index in [0.29, 0.717) is 6.54 Å². The van der Waals surface area contributed by atoms with Crippen LogP contribution in [0.3, 0.4) is 0 Å². The average molecular weight is 400 g/mol. The third kappa shape index (κ3) is 9.59. The van der Waals surface area contributed by atoms with Crippen LogP contribution < -0.4 is 16.0 Å². The lowest BCUT2D eigenvalue weighted by molar-refractivity contribution is 0.0389. The van der Waals surface area contributed by atoms with Crippen LogP contribution in [0.4, 0.5) is 4.79 Å². The first-order chi connectivity index (χ1) is 13.2. The molecule has 0 bridgehead atoms. The van der Waals surface area contributed by atoms with E-state index in [1.165, 1.54) is 0 Å². The summed E-state index contributed by atoms with van der Waals surface area (Å²) in [7, 11) is 0. The van der Waals surface area contributed by atoms with E-state index in [1.807, 2.05) is 27.7 Å². The number of amides is 1. The second-order valence-electron chi connectivity index (χ2n) is 8.19. The number of ether oxygens (including phenoxy) is 2. The molecule has 0 aromatic carbocycles. The van der Waals surface area contributed by atoms with Crippen LogP contribution >= 0.6 is 0 Å². The van der Waals surface area contributed by atoms with Crippen LogP contribution in [-0.2, 0) is 9.47 Å². The molecule has 0 saturated carbocycles. The molecule has 1 aliphatic heterocycles. The van der Waals surface area contributed by atoms with Gasteiger partial charge in [-0.2, -0.15) is 0 Å². The van der Waals surface area contributed by atoms with Gasteiger partial charge in [-0.3, -0.25) is 9.89 Å². The van der Waals surface area contributed by atoms with Crippen molar-refractivity contribution in [1.29, 1.82) is 0 Å². The Labute approximate surface area is 170 Å². The van der Waals surface area contributed by atoms with Crippen LogP contribution in [0.2, 0.25) is 0 Å². The molecule has 28 heavy (non-hydrogen) atoms. The number of alkyl carbamates (subject to hydrolysis) is 1. The van der Waals surface area contributed by atoms with Crippen molar-refractivity contribution >= 4 is 12.1 Å². The molecule has 3 N–H and O–H groups in total. The zero-order valence-electron chi connectivity index (χ0n) is 18.7. The lowest BCUT2D eigenvalue weighted by Gasteiger charge is -2.33. The summed E-state index contributed by atoms with van der Waals surface area (Å²) in [5, 5.41) is 9.72. The number of hydrogen-bond acceptors (Lipinski definition) is 5. The van der Waals surface area contributed by atoms with E-state index in [0.717, 1.165) is 64.7 Å². The summed E-state index contributed by atoms with van der Waals surface area (Å²) < 4.78 is 10.8. The van der Waals surface area contributed by atoms with Crippen molar-refractivity contribution in [1.82, 2.24) is 20.9 Å². The molecule has 8 nitrogen and oxygen atoms in total. The predicted molar refractivity (Wildman–Crippen MR) is 114 cm³/mol. The third-order valence-electron chi connectivity index (χ3n) is 4.83. The largest absolute Gasteiger partial charge is 0.444 e. The van der Waals surface area contributed by atoms with Gasteiger partial charge in [0.15, 0.2) is 5.96 Å². The topological polar surface area (TPSA) is 87.2 Å². The monoisotopic (exact) mass is 399 g/mol. The van der Waals surface area contributed by atoms with E-state index in [2.05, 4.69) is 34.7 Å². The van der Waals surface area contributed by atoms with Gasteiger partial charge in [-0.05, 0) is 40.5 Å². The van der Waals surface area contributed by atoms with E-state index < -0.39 is 17.2 Å². The minimum Gasteiger partial charge on any atom is -0.444 e. The van der Waals surface area contributed by atoms with Gasteiger partial charge in [-0.15, -0.1) is 0 Å². The first kappa shape index (κ1) is 24.5. The molecule has 0 aromatic heterocycles. The second-order valence-corrected chi connectivity index (χ2v) is 8.19. The molecule has 1 aliphatic rings. The SMILES string of the molecule is CCNC(=NCC(CC)(CC)NC(=O)OC(C)(C)C)NCCN1CCOCC1. The van der Waals surface area contributed by atoms with Crippen molar-refractivity contribution < 1.29 is 14.3 Å². The molecule has 0 aliphatic carbocycles. The fraction of sp³-hybridized carbons (Fsp3) is 0.900. The molecular weight excluding hydrogens is 358 g/mol. The van der Waals surface area contributed by atoms with Gasteiger partial charge in [-0.25, -0.2) is 4.79 Å². The Balaban J connectivity index is 2.63. The first-order valence-corrected chi connectivity index (χ1v) is 10.6. The first-order valence-electron chi connectivity index (χ1n) is 10.6. The number of carbonyl (C=O) groups is 1. The van der Waals surface area contributed by atoms with Gasteiger partial charge in [0.2, 0.25) is 0 Å². The summed E-state index contributed by atoms with van der Waals surface area (Å²) >= 11 is 0. The normalized spacial score (nSPS) is 16.6. The molecule has 0 unspecified atom stereocenters. The van der Waals surface area contributed by atoms with Crippen molar-refractivity contribution in [2.75, 3.05) is 52.5 Å². The standard InChI is InChI=1S/C20H41N5O3/c1-7-20(8-2,24-18(26)28-19(4,5)6)16-23-17(21-9-3)22-10-11-25-12-14-27-15-13-25/h7-16H2,1-6H3,(H,24,26)(H2,21,22,23). The summed E-state index contributed by atoms with van der Waals surface area (Å²) in [6, 6.07) is 0. The van der Waals surface area contributed by atoms with Gasteiger partial charge in [-0.1, -0.05) is 13.8 Å². The van der Waals surface area contributed by atoms with Crippen molar-refractivity contribution in [3.8, 4) is 0 Å². The number of guanidine groups is 1. The van der Waals surface area contributed by atoms with Crippen molar-refractivity contribution in [3.05, 3.63) is 0 Å². The summed E-state index contributed by atoms with van der Waals surface area (Å²) in [6.45, 7) is 18.4. The van der Waals surface area contributed by atoms with Crippen LogP contribution in [0.5, 0.6) is 0 Å². The Kier molecular flexibility index (Phi) is 10.6. The van der Waals surface area contributed by atoms with Crippen LogP contribution in [0.25, 0.3) is 0 Å². The number of hydrogen-bond donors (Lipinski definition) is 3. The maximum absolute atomic E-state index is 12.3. The average Bonchev–Trinajstić information content (AvgIpc) is 2.64. The van der Waals surface area contributed by atoms with Crippen LogP contribution in [0.1, 0.15) is 54.4 Å². The molecule has 1 rings (SSSR count). The number of rotatable bonds is 9. The minimum atomic E-state index is -0.517. The van der Waals surface area contributed by atoms with Crippen molar-refractivity contribution in [3.63, 3.8) is 0 Å². The molecule has 1 amide bonds. The third-order valence-corrected chi connectivity index (χ3v) is 4.83. The van der Waals surface area contributed by atoms with Gasteiger partial charge in [0.1, 0.15) is 5.60 Å². The molecular formula is C20H41N5O3. The van der Waals surface area contributed by atoms with Crippen LogP contribution in [0, 0.1) is 0 Å². The van der Waals surface area contributed by atoms with Gasteiger partial charge in [0.05, 0.1) is 25.3 Å². The highest BCUT2D eigenvalue weighted by Crippen LogP contribution is 2.17. The maximum Gasteiger partial charge on any atom is 0.408 e. The van der Waals surface area contributed by atoms with Gasteiger partial charge in [0.25, 0.3) is 0 Å². The van der Waals surface area contributed by atoms with Crippen molar-refractivity contribution in [2.45, 2.75) is 65.5 Å².